The van der Waals surface area contributed by atoms with Crippen molar-refractivity contribution < 1.29 is 18.0 Å². The molecular formula is C21H27ClN4O4S. The van der Waals surface area contributed by atoms with Crippen LogP contribution >= 0.6 is 11.6 Å². The van der Waals surface area contributed by atoms with Crippen LogP contribution in [0.1, 0.15) is 54.0 Å². The first-order valence-corrected chi connectivity index (χ1v) is 12.0. The van der Waals surface area contributed by atoms with Crippen molar-refractivity contribution in [1.29, 1.82) is 0 Å². The van der Waals surface area contributed by atoms with Crippen LogP contribution in [0.25, 0.3) is 0 Å². The van der Waals surface area contributed by atoms with Crippen molar-refractivity contribution in [1.82, 2.24) is 14.2 Å². The third-order valence-corrected chi connectivity index (χ3v) is 7.26. The fourth-order valence-electron chi connectivity index (χ4n) is 3.45. The monoisotopic (exact) mass is 466 g/mol. The van der Waals surface area contributed by atoms with Crippen molar-refractivity contribution in [3.63, 3.8) is 0 Å². The maximum Gasteiger partial charge on any atom is 0.272 e. The lowest BCUT2D eigenvalue weighted by atomic mass is 10.1. The van der Waals surface area contributed by atoms with Gasteiger partial charge in [0, 0.05) is 37.9 Å². The second-order valence-corrected chi connectivity index (χ2v) is 10.3. The number of halogens is 1. The summed E-state index contributed by atoms with van der Waals surface area (Å²) in [6.45, 7) is 4.67. The Hall–Kier alpha value is -2.36. The molecule has 0 bridgehead atoms. The average molecular weight is 467 g/mol. The van der Waals surface area contributed by atoms with E-state index in [0.717, 1.165) is 19.3 Å². The summed E-state index contributed by atoms with van der Waals surface area (Å²) >= 11 is 6.20. The summed E-state index contributed by atoms with van der Waals surface area (Å²) in [6, 6.07) is 5.92. The molecule has 2 N–H and O–H groups in total. The topological polar surface area (TPSA) is 101 Å². The van der Waals surface area contributed by atoms with Crippen molar-refractivity contribution in [3.05, 3.63) is 46.7 Å². The van der Waals surface area contributed by atoms with Crippen LogP contribution in [-0.4, -0.2) is 48.2 Å². The smallest absolute Gasteiger partial charge is 0.272 e. The van der Waals surface area contributed by atoms with Gasteiger partial charge < -0.3 is 15.2 Å². The molecule has 1 fully saturated rings. The number of hydrogen-bond donors (Lipinski definition) is 2. The van der Waals surface area contributed by atoms with Gasteiger partial charge in [-0.3, -0.25) is 9.59 Å². The lowest BCUT2D eigenvalue weighted by Gasteiger charge is -2.25. The highest BCUT2D eigenvalue weighted by Gasteiger charge is 2.28. The summed E-state index contributed by atoms with van der Waals surface area (Å²) in [5.41, 5.74) is 0.794. The predicted molar refractivity (Wildman–Crippen MR) is 120 cm³/mol. The minimum Gasteiger partial charge on any atom is -0.350 e. The molecule has 1 saturated heterocycles. The lowest BCUT2D eigenvalue weighted by molar-refractivity contribution is 0.0941. The van der Waals surface area contributed by atoms with Gasteiger partial charge in [-0.2, -0.15) is 4.31 Å². The van der Waals surface area contributed by atoms with Gasteiger partial charge in [0.15, 0.2) is 0 Å². The number of aromatic nitrogens is 1. The van der Waals surface area contributed by atoms with Crippen LogP contribution in [0.15, 0.2) is 35.4 Å². The summed E-state index contributed by atoms with van der Waals surface area (Å²) < 4.78 is 28.7. The summed E-state index contributed by atoms with van der Waals surface area (Å²) in [4.78, 5) is 25.2. The first-order valence-electron chi connectivity index (χ1n) is 10.2. The van der Waals surface area contributed by atoms with Crippen molar-refractivity contribution in [2.75, 3.05) is 18.4 Å². The zero-order valence-electron chi connectivity index (χ0n) is 17.8. The molecule has 31 heavy (non-hydrogen) atoms. The van der Waals surface area contributed by atoms with Gasteiger partial charge in [0.25, 0.3) is 11.8 Å². The number of hydrogen-bond acceptors (Lipinski definition) is 4. The molecule has 0 saturated carbocycles. The van der Waals surface area contributed by atoms with E-state index in [4.69, 9.17) is 11.6 Å². The highest BCUT2D eigenvalue weighted by Crippen LogP contribution is 2.26. The molecule has 2 amide bonds. The molecule has 2 heterocycles. The SMILES string of the molecule is CC(C)NC(=O)c1ccc(Cl)c(NC(=O)c2cc(S(=O)(=O)N3CCCCC3)cn2C)c1. The van der Waals surface area contributed by atoms with Gasteiger partial charge in [-0.05, 0) is 51.0 Å². The van der Waals surface area contributed by atoms with Crippen LogP contribution in [0.3, 0.4) is 0 Å². The molecule has 8 nitrogen and oxygen atoms in total. The molecular weight excluding hydrogens is 440 g/mol. The highest BCUT2D eigenvalue weighted by atomic mass is 35.5. The fraction of sp³-hybridized carbons (Fsp3) is 0.429. The number of benzene rings is 1. The van der Waals surface area contributed by atoms with Crippen molar-refractivity contribution in [2.45, 2.75) is 44.0 Å². The number of amides is 2. The summed E-state index contributed by atoms with van der Waals surface area (Å²) in [5, 5.41) is 5.73. The number of nitrogens with one attached hydrogen (secondary N) is 2. The third-order valence-electron chi connectivity index (χ3n) is 5.06. The zero-order chi connectivity index (χ0) is 22.8. The van der Waals surface area contributed by atoms with E-state index < -0.39 is 15.9 Å². The van der Waals surface area contributed by atoms with Crippen LogP contribution in [0, 0.1) is 0 Å². The molecule has 0 radical (unpaired) electrons. The van der Waals surface area contributed by atoms with Gasteiger partial charge in [-0.25, -0.2) is 8.42 Å². The Morgan fingerprint density at radius 1 is 1.06 bits per heavy atom. The first-order chi connectivity index (χ1) is 14.6. The number of nitrogens with zero attached hydrogens (tertiary/aromatic N) is 2. The molecule has 1 aliphatic rings. The van der Waals surface area contributed by atoms with Crippen LogP contribution in [0.2, 0.25) is 5.02 Å². The zero-order valence-corrected chi connectivity index (χ0v) is 19.4. The predicted octanol–water partition coefficient (Wildman–Crippen LogP) is 3.24. The van der Waals surface area contributed by atoms with Gasteiger partial charge in [0.2, 0.25) is 10.0 Å². The van der Waals surface area contributed by atoms with Gasteiger partial charge in [-0.15, -0.1) is 0 Å². The average Bonchev–Trinajstić information content (AvgIpc) is 3.12. The van der Waals surface area contributed by atoms with E-state index in [9.17, 15) is 18.0 Å². The minimum atomic E-state index is -3.65. The second kappa shape index (κ2) is 9.42. The fourth-order valence-corrected chi connectivity index (χ4v) is 5.20. The number of sulfonamides is 1. The van der Waals surface area contributed by atoms with E-state index in [-0.39, 0.29) is 33.2 Å². The molecule has 0 unspecified atom stereocenters. The Kier molecular flexibility index (Phi) is 7.08. The molecule has 10 heteroatoms. The molecule has 2 aromatic rings. The number of rotatable bonds is 6. The van der Waals surface area contributed by atoms with E-state index in [0.29, 0.717) is 18.7 Å². The van der Waals surface area contributed by atoms with Gasteiger partial charge in [0.05, 0.1) is 10.7 Å². The van der Waals surface area contributed by atoms with Gasteiger partial charge in [-0.1, -0.05) is 18.0 Å². The van der Waals surface area contributed by atoms with E-state index >= 15 is 0 Å². The Bertz CT molecular complexity index is 1090. The van der Waals surface area contributed by atoms with Crippen LogP contribution in [0.5, 0.6) is 0 Å². The largest absolute Gasteiger partial charge is 0.350 e. The number of aryl methyl sites for hydroxylation is 1. The van der Waals surface area contributed by atoms with Crippen LogP contribution in [-0.2, 0) is 17.1 Å². The molecule has 3 rings (SSSR count). The highest BCUT2D eigenvalue weighted by molar-refractivity contribution is 7.89. The molecule has 168 valence electrons. The molecule has 1 aromatic heterocycles. The maximum atomic E-state index is 12.9. The standard InChI is InChI=1S/C21H27ClN4O4S/c1-14(2)23-20(27)15-7-8-17(22)18(11-15)24-21(28)19-12-16(13-25(19)3)31(29,30)26-9-5-4-6-10-26/h7-8,11-14H,4-6,9-10H2,1-3H3,(H,23,27)(H,24,28). The number of piperidine rings is 1. The normalized spacial score (nSPS) is 15.1. The Morgan fingerprint density at radius 3 is 2.39 bits per heavy atom. The summed E-state index contributed by atoms with van der Waals surface area (Å²) in [5.74, 6) is -0.804. The van der Waals surface area contributed by atoms with Crippen molar-refractivity contribution >= 4 is 39.1 Å². The third kappa shape index (κ3) is 5.28. The minimum absolute atomic E-state index is 0.0372. The summed E-state index contributed by atoms with van der Waals surface area (Å²) in [6.07, 6.45) is 4.12. The van der Waals surface area contributed by atoms with Crippen molar-refractivity contribution in [3.8, 4) is 0 Å². The van der Waals surface area contributed by atoms with E-state index in [1.54, 1.807) is 13.1 Å². The Morgan fingerprint density at radius 2 is 1.74 bits per heavy atom. The molecule has 1 aliphatic heterocycles. The van der Waals surface area contributed by atoms with Crippen LogP contribution < -0.4 is 10.6 Å². The van der Waals surface area contributed by atoms with E-state index in [1.165, 1.54) is 33.3 Å². The summed E-state index contributed by atoms with van der Waals surface area (Å²) in [7, 11) is -2.04. The van der Waals surface area contributed by atoms with E-state index in [1.807, 2.05) is 13.8 Å². The Labute approximate surface area is 187 Å². The van der Waals surface area contributed by atoms with E-state index in [2.05, 4.69) is 10.6 Å². The second-order valence-electron chi connectivity index (χ2n) is 7.91. The first kappa shape index (κ1) is 23.3. The van der Waals surface area contributed by atoms with Gasteiger partial charge >= 0.3 is 0 Å². The lowest BCUT2D eigenvalue weighted by Crippen LogP contribution is -2.35. The molecule has 0 spiro atoms. The quantitative estimate of drug-likeness (QED) is 0.682. The van der Waals surface area contributed by atoms with Crippen molar-refractivity contribution in [2.24, 2.45) is 7.05 Å². The van der Waals surface area contributed by atoms with Gasteiger partial charge in [0.1, 0.15) is 10.6 Å². The number of anilines is 1. The number of carbonyl (C=O) groups excluding carboxylic acids is 2. The molecule has 0 aliphatic carbocycles. The molecule has 1 aromatic carbocycles. The van der Waals surface area contributed by atoms with Crippen LogP contribution in [0.4, 0.5) is 5.69 Å². The Balaban J connectivity index is 1.82. The maximum absolute atomic E-state index is 12.9. The molecule has 0 atom stereocenters. The number of carbonyl (C=O) groups is 2.